The maximum Gasteiger partial charge on any atom is 0.408 e. The molecule has 0 saturated heterocycles. The number of alkyl carbamates (subject to hydrolysis) is 1. The molecule has 0 aromatic rings. The third-order valence-electron chi connectivity index (χ3n) is 3.95. The molecule has 0 aromatic heterocycles. The van der Waals surface area contributed by atoms with Gasteiger partial charge in [0.1, 0.15) is 11.6 Å². The van der Waals surface area contributed by atoms with Gasteiger partial charge in [-0.05, 0) is 39.5 Å². The summed E-state index contributed by atoms with van der Waals surface area (Å²) in [7, 11) is -3.61. The fraction of sp³-hybridized carbons (Fsp3) is 0.882. The van der Waals surface area contributed by atoms with E-state index in [-0.39, 0.29) is 11.8 Å². The van der Waals surface area contributed by atoms with Crippen LogP contribution in [0.1, 0.15) is 60.3 Å². The number of hydrogen-bond acceptors (Lipinski definition) is 6. The Morgan fingerprint density at radius 2 is 1.69 bits per heavy atom. The molecule has 0 bridgehead atoms. The summed E-state index contributed by atoms with van der Waals surface area (Å²) in [6, 6.07) is -1.20. The van der Waals surface area contributed by atoms with Crippen LogP contribution in [0.5, 0.6) is 0 Å². The van der Waals surface area contributed by atoms with Crippen LogP contribution in [0.25, 0.3) is 0 Å². The molecule has 0 radical (unpaired) electrons. The van der Waals surface area contributed by atoms with Gasteiger partial charge >= 0.3 is 6.09 Å². The SMILES string of the molecule is CC(C)[C@@H](NC(=O)OC(C)(C)C)C(=O)NC1CCCC[C@H]1OS(C)(=O)=O. The number of ether oxygens (including phenoxy) is 1. The third-order valence-corrected chi connectivity index (χ3v) is 4.55. The van der Waals surface area contributed by atoms with Gasteiger partial charge < -0.3 is 15.4 Å². The molecule has 152 valence electrons. The van der Waals surface area contributed by atoms with Crippen molar-refractivity contribution in [1.82, 2.24) is 10.6 Å². The van der Waals surface area contributed by atoms with Crippen LogP contribution in [0.2, 0.25) is 0 Å². The molecule has 3 atom stereocenters. The second-order valence-electron chi connectivity index (χ2n) is 8.11. The maximum atomic E-state index is 12.7. The predicted octanol–water partition coefficient (Wildman–Crippen LogP) is 1.94. The van der Waals surface area contributed by atoms with Gasteiger partial charge in [-0.25, -0.2) is 4.79 Å². The molecule has 0 aliphatic heterocycles. The van der Waals surface area contributed by atoms with E-state index >= 15 is 0 Å². The molecule has 1 aliphatic carbocycles. The summed E-state index contributed by atoms with van der Waals surface area (Å²) in [4.78, 5) is 24.7. The average Bonchev–Trinajstić information content (AvgIpc) is 2.43. The first-order valence-electron chi connectivity index (χ1n) is 8.96. The van der Waals surface area contributed by atoms with Crippen LogP contribution in [-0.2, 0) is 23.8 Å². The topological polar surface area (TPSA) is 111 Å². The summed E-state index contributed by atoms with van der Waals surface area (Å²) < 4.78 is 33.2. The van der Waals surface area contributed by atoms with E-state index in [0.717, 1.165) is 19.1 Å². The highest BCUT2D eigenvalue weighted by Gasteiger charge is 2.33. The predicted molar refractivity (Wildman–Crippen MR) is 98.1 cm³/mol. The van der Waals surface area contributed by atoms with Gasteiger partial charge in [0.25, 0.3) is 10.1 Å². The van der Waals surface area contributed by atoms with Crippen molar-refractivity contribution in [1.29, 1.82) is 0 Å². The molecule has 1 fully saturated rings. The van der Waals surface area contributed by atoms with Crippen molar-refractivity contribution in [2.45, 2.75) is 84.1 Å². The Kier molecular flexibility index (Phi) is 7.88. The van der Waals surface area contributed by atoms with Crippen molar-refractivity contribution >= 4 is 22.1 Å². The zero-order valence-electron chi connectivity index (χ0n) is 16.5. The second-order valence-corrected chi connectivity index (χ2v) is 9.71. The summed E-state index contributed by atoms with van der Waals surface area (Å²) in [5.41, 5.74) is -0.667. The van der Waals surface area contributed by atoms with Crippen molar-refractivity contribution in [2.24, 2.45) is 5.92 Å². The summed E-state index contributed by atoms with van der Waals surface area (Å²) >= 11 is 0. The summed E-state index contributed by atoms with van der Waals surface area (Å²) in [6.07, 6.45) is 2.65. The first-order chi connectivity index (χ1) is 11.8. The first kappa shape index (κ1) is 22.7. The van der Waals surface area contributed by atoms with Gasteiger partial charge in [-0.3, -0.25) is 8.98 Å². The largest absolute Gasteiger partial charge is 0.444 e. The Morgan fingerprint density at radius 1 is 1.12 bits per heavy atom. The molecule has 2 amide bonds. The quantitative estimate of drug-likeness (QED) is 0.668. The lowest BCUT2D eigenvalue weighted by Crippen LogP contribution is -2.56. The molecule has 26 heavy (non-hydrogen) atoms. The number of rotatable bonds is 6. The van der Waals surface area contributed by atoms with Crippen LogP contribution in [0.3, 0.4) is 0 Å². The molecule has 9 heteroatoms. The Balaban J connectivity index is 2.77. The average molecular weight is 393 g/mol. The Labute approximate surface area is 156 Å². The number of carbonyl (C=O) groups is 2. The number of carbonyl (C=O) groups excluding carboxylic acids is 2. The number of hydrogen-bond donors (Lipinski definition) is 2. The van der Waals surface area contributed by atoms with E-state index < -0.39 is 40.0 Å². The number of amides is 2. The summed E-state index contributed by atoms with van der Waals surface area (Å²) in [6.45, 7) is 8.85. The van der Waals surface area contributed by atoms with Crippen molar-refractivity contribution < 1.29 is 26.9 Å². The summed E-state index contributed by atoms with van der Waals surface area (Å²) in [5.74, 6) is -0.541. The minimum atomic E-state index is -3.61. The molecule has 0 aromatic carbocycles. The highest BCUT2D eigenvalue weighted by Crippen LogP contribution is 2.23. The zero-order chi connectivity index (χ0) is 20.1. The van der Waals surface area contributed by atoms with Gasteiger partial charge in [-0.1, -0.05) is 26.7 Å². The lowest BCUT2D eigenvalue weighted by Gasteiger charge is -2.33. The van der Waals surface area contributed by atoms with Gasteiger partial charge in [0.2, 0.25) is 5.91 Å². The van der Waals surface area contributed by atoms with Crippen molar-refractivity contribution in [2.75, 3.05) is 6.26 Å². The molecule has 0 spiro atoms. The van der Waals surface area contributed by atoms with Crippen LogP contribution in [0.4, 0.5) is 4.79 Å². The van der Waals surface area contributed by atoms with Crippen LogP contribution >= 0.6 is 0 Å². The van der Waals surface area contributed by atoms with Gasteiger partial charge in [-0.15, -0.1) is 0 Å². The zero-order valence-corrected chi connectivity index (χ0v) is 17.3. The van der Waals surface area contributed by atoms with E-state index in [1.54, 1.807) is 20.8 Å². The van der Waals surface area contributed by atoms with E-state index in [1.807, 2.05) is 13.8 Å². The van der Waals surface area contributed by atoms with E-state index in [9.17, 15) is 18.0 Å². The van der Waals surface area contributed by atoms with Crippen LogP contribution in [0.15, 0.2) is 0 Å². The Bertz CT molecular complexity index is 597. The van der Waals surface area contributed by atoms with E-state index in [0.29, 0.717) is 12.8 Å². The minimum Gasteiger partial charge on any atom is -0.444 e. The van der Waals surface area contributed by atoms with E-state index in [2.05, 4.69) is 10.6 Å². The lowest BCUT2D eigenvalue weighted by atomic mass is 9.92. The van der Waals surface area contributed by atoms with Gasteiger partial charge in [0.15, 0.2) is 0 Å². The first-order valence-corrected chi connectivity index (χ1v) is 10.8. The van der Waals surface area contributed by atoms with E-state index in [1.165, 1.54) is 0 Å². The van der Waals surface area contributed by atoms with Crippen molar-refractivity contribution in [3.63, 3.8) is 0 Å². The molecular formula is C17H32N2O6S. The van der Waals surface area contributed by atoms with Gasteiger partial charge in [-0.2, -0.15) is 8.42 Å². The van der Waals surface area contributed by atoms with Crippen molar-refractivity contribution in [3.8, 4) is 0 Å². The molecule has 1 rings (SSSR count). The van der Waals surface area contributed by atoms with Crippen LogP contribution in [-0.4, -0.2) is 50.5 Å². The molecule has 1 unspecified atom stereocenters. The highest BCUT2D eigenvalue weighted by molar-refractivity contribution is 7.86. The standard InChI is InChI=1S/C17H32N2O6S/c1-11(2)14(19-16(21)24-17(3,4)5)15(20)18-12-9-7-8-10-13(12)25-26(6,22)23/h11-14H,7-10H2,1-6H3,(H,18,20)(H,19,21)/t12?,13-,14-/m1/s1. The monoisotopic (exact) mass is 392 g/mol. The van der Waals surface area contributed by atoms with Crippen LogP contribution < -0.4 is 10.6 Å². The Morgan fingerprint density at radius 3 is 2.19 bits per heavy atom. The molecular weight excluding hydrogens is 360 g/mol. The van der Waals surface area contributed by atoms with Crippen LogP contribution in [0, 0.1) is 5.92 Å². The summed E-state index contributed by atoms with van der Waals surface area (Å²) in [5, 5.41) is 5.44. The molecule has 1 saturated carbocycles. The molecule has 0 heterocycles. The Hall–Kier alpha value is -1.35. The lowest BCUT2D eigenvalue weighted by molar-refractivity contribution is -0.126. The van der Waals surface area contributed by atoms with E-state index in [4.69, 9.17) is 8.92 Å². The number of nitrogens with one attached hydrogen (secondary N) is 2. The van der Waals surface area contributed by atoms with Gasteiger partial charge in [0.05, 0.1) is 18.4 Å². The fourth-order valence-corrected chi connectivity index (χ4v) is 3.52. The maximum absolute atomic E-state index is 12.7. The smallest absolute Gasteiger partial charge is 0.408 e. The second kappa shape index (κ2) is 9.03. The minimum absolute atomic E-state index is 0.166. The van der Waals surface area contributed by atoms with Crippen molar-refractivity contribution in [3.05, 3.63) is 0 Å². The molecule has 8 nitrogen and oxygen atoms in total. The fourth-order valence-electron chi connectivity index (χ4n) is 2.84. The molecule has 1 aliphatic rings. The molecule has 2 N–H and O–H groups in total. The third kappa shape index (κ3) is 8.35. The van der Waals surface area contributed by atoms with Gasteiger partial charge in [0, 0.05) is 0 Å². The highest BCUT2D eigenvalue weighted by atomic mass is 32.2. The normalized spacial score (nSPS) is 22.6.